The Morgan fingerprint density at radius 2 is 2.19 bits per heavy atom. The second-order valence-corrected chi connectivity index (χ2v) is 5.19. The van der Waals surface area contributed by atoms with Crippen molar-refractivity contribution in [1.29, 1.82) is 0 Å². The summed E-state index contributed by atoms with van der Waals surface area (Å²) in [5.74, 6) is 1.78. The van der Waals surface area contributed by atoms with Gasteiger partial charge < -0.3 is 10.6 Å². The first kappa shape index (κ1) is 11.2. The maximum atomic E-state index is 5.74. The lowest BCUT2D eigenvalue weighted by molar-refractivity contribution is 0.602. The molecule has 0 atom stereocenters. The minimum atomic E-state index is 0.666. The number of nitrogens with zero attached hydrogens (tertiary/aromatic N) is 2. The summed E-state index contributed by atoms with van der Waals surface area (Å²) in [5, 5.41) is 0. The van der Waals surface area contributed by atoms with Crippen molar-refractivity contribution >= 4 is 11.5 Å². The lowest BCUT2D eigenvalue weighted by atomic mass is 10.2. The van der Waals surface area contributed by atoms with E-state index in [1.165, 1.54) is 18.4 Å². The first-order chi connectivity index (χ1) is 7.58. The van der Waals surface area contributed by atoms with Crippen LogP contribution in [0.3, 0.4) is 0 Å². The molecule has 3 heteroatoms. The van der Waals surface area contributed by atoms with Crippen LogP contribution in [0.4, 0.5) is 11.5 Å². The second kappa shape index (κ2) is 4.32. The Morgan fingerprint density at radius 3 is 2.69 bits per heavy atom. The van der Waals surface area contributed by atoms with Crippen molar-refractivity contribution in [2.45, 2.75) is 39.7 Å². The van der Waals surface area contributed by atoms with E-state index in [1.54, 1.807) is 6.20 Å². The molecular formula is C13H21N3. The Labute approximate surface area is 97.7 Å². The van der Waals surface area contributed by atoms with E-state index in [2.05, 4.69) is 30.7 Å². The average molecular weight is 219 g/mol. The first-order valence-electron chi connectivity index (χ1n) is 6.06. The Hall–Kier alpha value is -1.25. The standard InChI is InChI=1S/C13H21N3/c1-9(2)8-16(12-4-5-12)13-10(3)6-11(14)7-15-13/h6-7,9,12H,4-5,8,14H2,1-3H3. The van der Waals surface area contributed by atoms with Gasteiger partial charge in [-0.2, -0.15) is 0 Å². The fourth-order valence-electron chi connectivity index (χ4n) is 2.08. The summed E-state index contributed by atoms with van der Waals surface area (Å²) in [4.78, 5) is 6.94. The first-order valence-corrected chi connectivity index (χ1v) is 6.06. The number of nitrogens with two attached hydrogens (primary N) is 1. The highest BCUT2D eigenvalue weighted by atomic mass is 15.2. The van der Waals surface area contributed by atoms with Gasteiger partial charge >= 0.3 is 0 Å². The van der Waals surface area contributed by atoms with Crippen LogP contribution in [0.2, 0.25) is 0 Å². The number of anilines is 2. The summed E-state index contributed by atoms with van der Waals surface area (Å²) in [6.07, 6.45) is 4.37. The monoisotopic (exact) mass is 219 g/mol. The predicted octanol–water partition coefficient (Wildman–Crippen LogP) is 2.60. The van der Waals surface area contributed by atoms with Crippen molar-refractivity contribution in [2.75, 3.05) is 17.2 Å². The van der Waals surface area contributed by atoms with Crippen LogP contribution in [-0.4, -0.2) is 17.6 Å². The van der Waals surface area contributed by atoms with E-state index in [9.17, 15) is 0 Å². The third kappa shape index (κ3) is 2.46. The third-order valence-corrected chi connectivity index (χ3v) is 2.89. The van der Waals surface area contributed by atoms with Crippen LogP contribution in [-0.2, 0) is 0 Å². The van der Waals surface area contributed by atoms with Crippen LogP contribution in [0.15, 0.2) is 12.3 Å². The number of pyridine rings is 1. The van der Waals surface area contributed by atoms with Crippen molar-refractivity contribution in [1.82, 2.24) is 4.98 Å². The molecule has 1 aromatic rings. The average Bonchev–Trinajstić information content (AvgIpc) is 2.97. The van der Waals surface area contributed by atoms with Gasteiger partial charge in [0.2, 0.25) is 0 Å². The molecule has 1 aliphatic rings. The number of hydrogen-bond donors (Lipinski definition) is 1. The summed E-state index contributed by atoms with van der Waals surface area (Å²) in [6, 6.07) is 2.72. The van der Waals surface area contributed by atoms with Crippen molar-refractivity contribution in [3.63, 3.8) is 0 Å². The molecule has 1 heterocycles. The summed E-state index contributed by atoms with van der Waals surface area (Å²) in [5.41, 5.74) is 7.68. The van der Waals surface area contributed by atoms with Crippen molar-refractivity contribution in [2.24, 2.45) is 5.92 Å². The maximum absolute atomic E-state index is 5.74. The minimum absolute atomic E-state index is 0.666. The van der Waals surface area contributed by atoms with Crippen LogP contribution in [0.25, 0.3) is 0 Å². The predicted molar refractivity (Wildman–Crippen MR) is 68.6 cm³/mol. The summed E-state index contributed by atoms with van der Waals surface area (Å²) >= 11 is 0. The lowest BCUT2D eigenvalue weighted by Crippen LogP contribution is -2.31. The lowest BCUT2D eigenvalue weighted by Gasteiger charge is -2.27. The number of aryl methyl sites for hydroxylation is 1. The van der Waals surface area contributed by atoms with E-state index in [4.69, 9.17) is 5.73 Å². The van der Waals surface area contributed by atoms with Gasteiger partial charge in [0.05, 0.1) is 11.9 Å². The smallest absolute Gasteiger partial charge is 0.131 e. The van der Waals surface area contributed by atoms with Crippen molar-refractivity contribution in [3.8, 4) is 0 Å². The molecule has 0 spiro atoms. The molecule has 0 radical (unpaired) electrons. The Balaban J connectivity index is 2.24. The highest BCUT2D eigenvalue weighted by Gasteiger charge is 2.31. The molecule has 0 aromatic carbocycles. The van der Waals surface area contributed by atoms with E-state index in [1.807, 2.05) is 6.07 Å². The number of rotatable bonds is 4. The molecule has 16 heavy (non-hydrogen) atoms. The molecule has 1 aliphatic carbocycles. The summed E-state index contributed by atoms with van der Waals surface area (Å²) in [7, 11) is 0. The molecule has 1 aromatic heterocycles. The van der Waals surface area contributed by atoms with Crippen molar-refractivity contribution < 1.29 is 0 Å². The Morgan fingerprint density at radius 1 is 1.50 bits per heavy atom. The molecule has 0 bridgehead atoms. The highest BCUT2D eigenvalue weighted by Crippen LogP contribution is 2.33. The molecule has 88 valence electrons. The van der Waals surface area contributed by atoms with Gasteiger partial charge in [0.1, 0.15) is 5.82 Å². The van der Waals surface area contributed by atoms with E-state index >= 15 is 0 Å². The fraction of sp³-hybridized carbons (Fsp3) is 0.615. The molecule has 0 saturated heterocycles. The SMILES string of the molecule is Cc1cc(N)cnc1N(CC(C)C)C1CC1. The number of hydrogen-bond acceptors (Lipinski definition) is 3. The normalized spacial score (nSPS) is 15.5. The Kier molecular flexibility index (Phi) is 3.03. The fourth-order valence-corrected chi connectivity index (χ4v) is 2.08. The van der Waals surface area contributed by atoms with Crippen LogP contribution in [0.5, 0.6) is 0 Å². The topological polar surface area (TPSA) is 42.1 Å². The third-order valence-electron chi connectivity index (χ3n) is 2.89. The molecule has 0 unspecified atom stereocenters. The van der Waals surface area contributed by atoms with Crippen LogP contribution in [0, 0.1) is 12.8 Å². The van der Waals surface area contributed by atoms with Gasteiger partial charge in [-0.05, 0) is 37.3 Å². The van der Waals surface area contributed by atoms with E-state index in [0.717, 1.165) is 18.1 Å². The quantitative estimate of drug-likeness (QED) is 0.846. The molecule has 0 amide bonds. The molecular weight excluding hydrogens is 198 g/mol. The van der Waals surface area contributed by atoms with Gasteiger partial charge in [0.25, 0.3) is 0 Å². The number of nitrogen functional groups attached to an aromatic ring is 1. The minimum Gasteiger partial charge on any atom is -0.397 e. The molecule has 1 saturated carbocycles. The van der Waals surface area contributed by atoms with Gasteiger partial charge in [0, 0.05) is 12.6 Å². The van der Waals surface area contributed by atoms with Gasteiger partial charge in [-0.3, -0.25) is 0 Å². The zero-order valence-electron chi connectivity index (χ0n) is 10.4. The maximum Gasteiger partial charge on any atom is 0.131 e. The van der Waals surface area contributed by atoms with Crippen molar-refractivity contribution in [3.05, 3.63) is 17.8 Å². The zero-order chi connectivity index (χ0) is 11.7. The van der Waals surface area contributed by atoms with E-state index in [-0.39, 0.29) is 0 Å². The molecule has 1 fully saturated rings. The molecule has 0 aliphatic heterocycles. The Bertz CT molecular complexity index is 369. The van der Waals surface area contributed by atoms with Crippen LogP contribution >= 0.6 is 0 Å². The van der Waals surface area contributed by atoms with Gasteiger partial charge in [-0.25, -0.2) is 4.98 Å². The molecule has 3 nitrogen and oxygen atoms in total. The van der Waals surface area contributed by atoms with Gasteiger partial charge in [-0.1, -0.05) is 13.8 Å². The summed E-state index contributed by atoms with van der Waals surface area (Å²) in [6.45, 7) is 7.68. The van der Waals surface area contributed by atoms with Crippen LogP contribution < -0.4 is 10.6 Å². The van der Waals surface area contributed by atoms with Gasteiger partial charge in [0.15, 0.2) is 0 Å². The largest absolute Gasteiger partial charge is 0.397 e. The van der Waals surface area contributed by atoms with Gasteiger partial charge in [-0.15, -0.1) is 0 Å². The molecule has 2 rings (SSSR count). The summed E-state index contributed by atoms with van der Waals surface area (Å²) < 4.78 is 0. The van der Waals surface area contributed by atoms with E-state index < -0.39 is 0 Å². The zero-order valence-corrected chi connectivity index (χ0v) is 10.4. The molecule has 2 N–H and O–H groups in total. The number of aromatic nitrogens is 1. The van der Waals surface area contributed by atoms with E-state index in [0.29, 0.717) is 12.0 Å². The van der Waals surface area contributed by atoms with Crippen LogP contribution in [0.1, 0.15) is 32.3 Å². The highest BCUT2D eigenvalue weighted by molar-refractivity contribution is 5.54. The second-order valence-electron chi connectivity index (χ2n) is 5.19.